The highest BCUT2D eigenvalue weighted by Gasteiger charge is 2.24. The normalized spacial score (nSPS) is 22.9. The Hall–Kier alpha value is -1.66. The van der Waals surface area contributed by atoms with E-state index in [0.717, 1.165) is 37.8 Å². The van der Waals surface area contributed by atoms with E-state index in [1.807, 2.05) is 6.92 Å². The van der Waals surface area contributed by atoms with Crippen molar-refractivity contribution in [3.05, 3.63) is 23.5 Å². The Morgan fingerprint density at radius 2 is 2.15 bits per heavy atom. The van der Waals surface area contributed by atoms with Gasteiger partial charge in [-0.3, -0.25) is 15.6 Å². The summed E-state index contributed by atoms with van der Waals surface area (Å²) in [5.74, 6) is 5.18. The van der Waals surface area contributed by atoms with Crippen LogP contribution < -0.4 is 16.6 Å². The predicted molar refractivity (Wildman–Crippen MR) is 77.1 cm³/mol. The third kappa shape index (κ3) is 3.46. The molecule has 6 heteroatoms. The molecule has 2 atom stereocenters. The minimum absolute atomic E-state index is 0.197. The maximum absolute atomic E-state index is 12.3. The van der Waals surface area contributed by atoms with Crippen LogP contribution >= 0.6 is 0 Å². The van der Waals surface area contributed by atoms with E-state index < -0.39 is 6.10 Å². The number of nitrogens with zero attached hydrogens (tertiary/aromatic N) is 1. The second-order valence-corrected chi connectivity index (χ2v) is 5.30. The first-order valence-corrected chi connectivity index (χ1v) is 7.04. The van der Waals surface area contributed by atoms with Gasteiger partial charge in [-0.1, -0.05) is 19.3 Å². The average Bonchev–Trinajstić information content (AvgIpc) is 2.64. The molecule has 20 heavy (non-hydrogen) atoms. The molecule has 0 bridgehead atoms. The first kappa shape index (κ1) is 14.7. The smallest absolute Gasteiger partial charge is 0.255 e. The standard InChI is InChI=1S/C14H22N4O2/c1-9-7-12(18-15)10(8-16-9)14(20)17-11-5-3-2-4-6-13(11)19/h7-8,11,13,19H,2-6,15H2,1H3,(H,16,18)(H,17,20). The van der Waals surface area contributed by atoms with Crippen LogP contribution in [0.3, 0.4) is 0 Å². The fourth-order valence-corrected chi connectivity index (χ4v) is 2.56. The van der Waals surface area contributed by atoms with Crippen LogP contribution in [-0.4, -0.2) is 28.1 Å². The number of amides is 1. The van der Waals surface area contributed by atoms with E-state index in [0.29, 0.717) is 11.3 Å². The third-order valence-corrected chi connectivity index (χ3v) is 3.74. The number of aliphatic hydroxyl groups excluding tert-OH is 1. The van der Waals surface area contributed by atoms with Gasteiger partial charge in [-0.2, -0.15) is 0 Å². The van der Waals surface area contributed by atoms with Crippen molar-refractivity contribution < 1.29 is 9.90 Å². The van der Waals surface area contributed by atoms with Crippen molar-refractivity contribution in [3.63, 3.8) is 0 Å². The number of aliphatic hydroxyl groups is 1. The molecule has 1 aromatic rings. The van der Waals surface area contributed by atoms with Crippen LogP contribution in [0.25, 0.3) is 0 Å². The molecule has 2 unspecified atom stereocenters. The summed E-state index contributed by atoms with van der Waals surface area (Å²) < 4.78 is 0. The van der Waals surface area contributed by atoms with Crippen molar-refractivity contribution in [2.75, 3.05) is 5.43 Å². The van der Waals surface area contributed by atoms with Gasteiger partial charge >= 0.3 is 0 Å². The van der Waals surface area contributed by atoms with Crippen LogP contribution in [0.4, 0.5) is 5.69 Å². The van der Waals surface area contributed by atoms with E-state index >= 15 is 0 Å². The number of nitrogen functional groups attached to an aromatic ring is 1. The molecule has 0 radical (unpaired) electrons. The summed E-state index contributed by atoms with van der Waals surface area (Å²) in [5.41, 5.74) is 4.23. The summed E-state index contributed by atoms with van der Waals surface area (Å²) in [6, 6.07) is 1.52. The summed E-state index contributed by atoms with van der Waals surface area (Å²) in [7, 11) is 0. The second-order valence-electron chi connectivity index (χ2n) is 5.30. The first-order chi connectivity index (χ1) is 9.61. The van der Waals surface area contributed by atoms with Gasteiger partial charge in [-0.05, 0) is 25.8 Å². The lowest BCUT2D eigenvalue weighted by atomic mass is 10.1. The van der Waals surface area contributed by atoms with Crippen molar-refractivity contribution in [1.29, 1.82) is 0 Å². The molecule has 0 saturated heterocycles. The Labute approximate surface area is 118 Å². The summed E-state index contributed by atoms with van der Waals surface area (Å²) in [6.45, 7) is 1.83. The third-order valence-electron chi connectivity index (χ3n) is 3.74. The number of nitrogens with two attached hydrogens (primary N) is 1. The number of pyridine rings is 1. The summed E-state index contributed by atoms with van der Waals surface area (Å²) in [5, 5.41) is 12.9. The number of carbonyl (C=O) groups excluding carboxylic acids is 1. The molecule has 1 aromatic heterocycles. The molecule has 0 aromatic carbocycles. The van der Waals surface area contributed by atoms with Gasteiger partial charge in [-0.25, -0.2) is 0 Å². The SMILES string of the molecule is Cc1cc(NN)c(C(=O)NC2CCCCCC2O)cn1. The quantitative estimate of drug-likeness (QED) is 0.377. The zero-order valence-corrected chi connectivity index (χ0v) is 11.7. The van der Waals surface area contributed by atoms with Crippen LogP contribution in [0.5, 0.6) is 0 Å². The van der Waals surface area contributed by atoms with Crippen LogP contribution in [0, 0.1) is 6.92 Å². The largest absolute Gasteiger partial charge is 0.391 e. The van der Waals surface area contributed by atoms with Crippen LogP contribution in [-0.2, 0) is 0 Å². The zero-order valence-electron chi connectivity index (χ0n) is 11.7. The molecule has 0 aliphatic heterocycles. The average molecular weight is 278 g/mol. The Bertz CT molecular complexity index is 478. The van der Waals surface area contributed by atoms with Crippen molar-refractivity contribution in [2.45, 2.75) is 51.2 Å². The molecular formula is C14H22N4O2. The molecule has 1 aliphatic carbocycles. The maximum Gasteiger partial charge on any atom is 0.255 e. The van der Waals surface area contributed by atoms with Crippen molar-refractivity contribution in [3.8, 4) is 0 Å². The number of hydrogen-bond acceptors (Lipinski definition) is 5. The molecule has 1 amide bonds. The monoisotopic (exact) mass is 278 g/mol. The highest BCUT2D eigenvalue weighted by atomic mass is 16.3. The molecular weight excluding hydrogens is 256 g/mol. The van der Waals surface area contributed by atoms with E-state index in [1.165, 1.54) is 6.20 Å². The van der Waals surface area contributed by atoms with Crippen LogP contribution in [0.15, 0.2) is 12.3 Å². The Kier molecular flexibility index (Phi) is 4.92. The van der Waals surface area contributed by atoms with Gasteiger partial charge in [0.2, 0.25) is 0 Å². The number of rotatable bonds is 3. The fourth-order valence-electron chi connectivity index (χ4n) is 2.56. The molecule has 1 saturated carbocycles. The molecule has 6 nitrogen and oxygen atoms in total. The molecule has 1 heterocycles. The van der Waals surface area contributed by atoms with E-state index in [1.54, 1.807) is 6.07 Å². The molecule has 2 rings (SSSR count). The summed E-state index contributed by atoms with van der Waals surface area (Å²) >= 11 is 0. The zero-order chi connectivity index (χ0) is 14.5. The summed E-state index contributed by atoms with van der Waals surface area (Å²) in [4.78, 5) is 16.4. The number of carbonyl (C=O) groups is 1. The minimum Gasteiger partial charge on any atom is -0.391 e. The number of aromatic nitrogens is 1. The van der Waals surface area contributed by atoms with Gasteiger partial charge in [0, 0.05) is 11.9 Å². The molecule has 5 N–H and O–H groups in total. The maximum atomic E-state index is 12.3. The lowest BCUT2D eigenvalue weighted by molar-refractivity contribution is 0.0819. The van der Waals surface area contributed by atoms with E-state index in [9.17, 15) is 9.90 Å². The van der Waals surface area contributed by atoms with Crippen LogP contribution in [0.2, 0.25) is 0 Å². The van der Waals surface area contributed by atoms with Gasteiger partial charge in [-0.15, -0.1) is 0 Å². The highest BCUT2D eigenvalue weighted by Crippen LogP contribution is 2.20. The van der Waals surface area contributed by atoms with Gasteiger partial charge in [0.15, 0.2) is 0 Å². The van der Waals surface area contributed by atoms with E-state index in [2.05, 4.69) is 15.7 Å². The number of nitrogens with one attached hydrogen (secondary N) is 2. The molecule has 1 aliphatic rings. The molecule has 110 valence electrons. The van der Waals surface area contributed by atoms with Gasteiger partial charge in [0.1, 0.15) is 0 Å². The molecule has 0 spiro atoms. The van der Waals surface area contributed by atoms with Gasteiger partial charge in [0.25, 0.3) is 5.91 Å². The van der Waals surface area contributed by atoms with E-state index in [4.69, 9.17) is 5.84 Å². The molecule has 1 fully saturated rings. The number of hydrogen-bond donors (Lipinski definition) is 4. The van der Waals surface area contributed by atoms with E-state index in [-0.39, 0.29) is 11.9 Å². The Morgan fingerprint density at radius 3 is 2.90 bits per heavy atom. The second kappa shape index (κ2) is 6.67. The highest BCUT2D eigenvalue weighted by molar-refractivity contribution is 5.99. The van der Waals surface area contributed by atoms with Crippen molar-refractivity contribution in [2.24, 2.45) is 5.84 Å². The topological polar surface area (TPSA) is 100 Å². The summed E-state index contributed by atoms with van der Waals surface area (Å²) in [6.07, 6.45) is 5.70. The lowest BCUT2D eigenvalue weighted by Crippen LogP contribution is -2.43. The van der Waals surface area contributed by atoms with Crippen molar-refractivity contribution in [1.82, 2.24) is 10.3 Å². The minimum atomic E-state index is -0.478. The fraction of sp³-hybridized carbons (Fsp3) is 0.571. The Morgan fingerprint density at radius 1 is 1.40 bits per heavy atom. The van der Waals surface area contributed by atoms with Crippen molar-refractivity contribution >= 4 is 11.6 Å². The van der Waals surface area contributed by atoms with Crippen LogP contribution in [0.1, 0.15) is 48.2 Å². The Balaban J connectivity index is 2.11. The number of hydrazine groups is 1. The first-order valence-electron chi connectivity index (χ1n) is 7.04. The lowest BCUT2D eigenvalue weighted by Gasteiger charge is -2.22. The van der Waals surface area contributed by atoms with Gasteiger partial charge < -0.3 is 15.8 Å². The number of anilines is 1. The van der Waals surface area contributed by atoms with Gasteiger partial charge in [0.05, 0.1) is 23.4 Å². The number of aryl methyl sites for hydroxylation is 1. The predicted octanol–water partition coefficient (Wildman–Crippen LogP) is 1.10.